The van der Waals surface area contributed by atoms with Crippen molar-refractivity contribution in [1.82, 2.24) is 9.88 Å². The topological polar surface area (TPSA) is 91.5 Å². The quantitative estimate of drug-likeness (QED) is 0.534. The number of nitrogen functional groups attached to an aromatic ring is 1. The monoisotopic (exact) mass is 256 g/mol. The van der Waals surface area contributed by atoms with E-state index in [4.69, 9.17) is 5.84 Å². The van der Waals surface area contributed by atoms with Gasteiger partial charge in [0.25, 0.3) is 5.91 Å². The first-order valence-corrected chi connectivity index (χ1v) is 5.35. The molecule has 0 aliphatic heterocycles. The molecule has 18 heavy (non-hydrogen) atoms. The number of carbonyl (C=O) groups is 1. The maximum absolute atomic E-state index is 13.9. The number of halogens is 1. The highest BCUT2D eigenvalue weighted by molar-refractivity contribution is 5.95. The summed E-state index contributed by atoms with van der Waals surface area (Å²) in [5.74, 6) is 3.53. The minimum atomic E-state index is -0.814. The number of aliphatic hydroxyl groups excluding tert-OH is 1. The van der Waals surface area contributed by atoms with Crippen molar-refractivity contribution in [2.75, 3.05) is 19.1 Å². The third-order valence-corrected chi connectivity index (χ3v) is 2.86. The molecule has 1 aromatic rings. The Labute approximate surface area is 105 Å². The number of hydrogen-bond acceptors (Lipinski definition) is 5. The Morgan fingerprint density at radius 2 is 2.28 bits per heavy atom. The summed E-state index contributed by atoms with van der Waals surface area (Å²) in [5.41, 5.74) is 1.14. The van der Waals surface area contributed by atoms with Gasteiger partial charge in [-0.2, -0.15) is 0 Å². The van der Waals surface area contributed by atoms with Crippen molar-refractivity contribution in [2.45, 2.75) is 19.4 Å². The minimum absolute atomic E-state index is 0.151. The Kier molecular flexibility index (Phi) is 4.20. The van der Waals surface area contributed by atoms with Crippen LogP contribution in [0.15, 0.2) is 12.3 Å². The number of nitrogens with zero attached hydrogens (tertiary/aromatic N) is 2. The van der Waals surface area contributed by atoms with Gasteiger partial charge in [0.2, 0.25) is 0 Å². The zero-order valence-corrected chi connectivity index (χ0v) is 10.6. The van der Waals surface area contributed by atoms with Crippen molar-refractivity contribution in [3.63, 3.8) is 0 Å². The molecule has 0 radical (unpaired) electrons. The number of nitrogens with two attached hydrogens (primary N) is 1. The molecular weight excluding hydrogens is 239 g/mol. The van der Waals surface area contributed by atoms with Crippen molar-refractivity contribution in [1.29, 1.82) is 0 Å². The second-order valence-electron chi connectivity index (χ2n) is 4.50. The summed E-state index contributed by atoms with van der Waals surface area (Å²) in [6, 6.07) is 1.27. The fraction of sp³-hybridized carbons (Fsp3) is 0.455. The summed E-state index contributed by atoms with van der Waals surface area (Å²) in [4.78, 5) is 17.0. The summed E-state index contributed by atoms with van der Waals surface area (Å²) in [6.07, 6.45) is 1.28. The Morgan fingerprint density at radius 1 is 1.67 bits per heavy atom. The maximum atomic E-state index is 13.9. The van der Waals surface area contributed by atoms with Gasteiger partial charge >= 0.3 is 0 Å². The highest BCUT2D eigenvalue weighted by Gasteiger charge is 2.29. The predicted octanol–water partition coefficient (Wildman–Crippen LogP) is 0.349. The number of pyridine rings is 1. The van der Waals surface area contributed by atoms with Gasteiger partial charge in [0, 0.05) is 13.2 Å². The molecule has 0 aromatic carbocycles. The molecule has 4 N–H and O–H groups in total. The van der Waals surface area contributed by atoms with E-state index < -0.39 is 17.3 Å². The lowest BCUT2D eigenvalue weighted by Crippen LogP contribution is -2.47. The Bertz CT molecular complexity index is 451. The molecule has 7 heteroatoms. The van der Waals surface area contributed by atoms with Gasteiger partial charge in [-0.3, -0.25) is 4.79 Å². The van der Waals surface area contributed by atoms with E-state index in [9.17, 15) is 14.3 Å². The van der Waals surface area contributed by atoms with E-state index in [-0.39, 0.29) is 18.0 Å². The largest absolute Gasteiger partial charge is 0.394 e. The van der Waals surface area contributed by atoms with Crippen molar-refractivity contribution < 1.29 is 14.3 Å². The molecule has 0 saturated heterocycles. The molecule has 0 bridgehead atoms. The smallest absolute Gasteiger partial charge is 0.257 e. The number of hydrazine groups is 1. The van der Waals surface area contributed by atoms with Gasteiger partial charge in [-0.25, -0.2) is 15.2 Å². The zero-order chi connectivity index (χ0) is 13.9. The van der Waals surface area contributed by atoms with Crippen LogP contribution in [0, 0.1) is 5.82 Å². The van der Waals surface area contributed by atoms with E-state index in [1.165, 1.54) is 24.2 Å². The number of likely N-dealkylation sites (N-methyl/N-ethyl adjacent to an activating group) is 1. The summed E-state index contributed by atoms with van der Waals surface area (Å²) in [7, 11) is 1.49. The van der Waals surface area contributed by atoms with Gasteiger partial charge in [0.05, 0.1) is 17.7 Å². The molecule has 1 heterocycles. The van der Waals surface area contributed by atoms with Crippen molar-refractivity contribution >= 4 is 11.7 Å². The molecule has 0 spiro atoms. The van der Waals surface area contributed by atoms with Gasteiger partial charge in [0.1, 0.15) is 0 Å². The van der Waals surface area contributed by atoms with Gasteiger partial charge in [-0.05, 0) is 19.9 Å². The molecule has 1 amide bonds. The molecule has 0 atom stereocenters. The van der Waals surface area contributed by atoms with Crippen molar-refractivity contribution in [3.8, 4) is 0 Å². The van der Waals surface area contributed by atoms with E-state index in [0.717, 1.165) is 0 Å². The average Bonchev–Trinajstić information content (AvgIpc) is 2.37. The molecule has 0 saturated carbocycles. The first-order valence-electron chi connectivity index (χ1n) is 5.35. The highest BCUT2D eigenvalue weighted by Crippen LogP contribution is 2.19. The van der Waals surface area contributed by atoms with Crippen LogP contribution in [0.3, 0.4) is 0 Å². The van der Waals surface area contributed by atoms with Crippen LogP contribution in [0.1, 0.15) is 24.2 Å². The van der Waals surface area contributed by atoms with Crippen molar-refractivity contribution in [2.24, 2.45) is 5.84 Å². The molecule has 6 nitrogen and oxygen atoms in total. The number of amides is 1. The van der Waals surface area contributed by atoms with Gasteiger partial charge in [-0.1, -0.05) is 0 Å². The van der Waals surface area contributed by atoms with Crippen LogP contribution >= 0.6 is 0 Å². The summed E-state index contributed by atoms with van der Waals surface area (Å²) >= 11 is 0. The number of aromatic nitrogens is 1. The van der Waals surface area contributed by atoms with Crippen LogP contribution in [0.25, 0.3) is 0 Å². The molecular formula is C11H17FN4O2. The van der Waals surface area contributed by atoms with E-state index in [0.29, 0.717) is 0 Å². The summed E-state index contributed by atoms with van der Waals surface area (Å²) in [5, 5.41) is 9.20. The van der Waals surface area contributed by atoms with Crippen LogP contribution < -0.4 is 11.3 Å². The van der Waals surface area contributed by atoms with Gasteiger partial charge < -0.3 is 15.4 Å². The minimum Gasteiger partial charge on any atom is -0.394 e. The number of hydrogen-bond donors (Lipinski definition) is 3. The van der Waals surface area contributed by atoms with Crippen LogP contribution in [0.2, 0.25) is 0 Å². The molecule has 1 aromatic heterocycles. The first-order chi connectivity index (χ1) is 8.35. The lowest BCUT2D eigenvalue weighted by Gasteiger charge is -2.34. The molecule has 0 fully saturated rings. The van der Waals surface area contributed by atoms with Crippen LogP contribution in [0.4, 0.5) is 10.2 Å². The molecule has 0 aliphatic carbocycles. The lowest BCUT2D eigenvalue weighted by molar-refractivity contribution is 0.0469. The van der Waals surface area contributed by atoms with Crippen molar-refractivity contribution in [3.05, 3.63) is 23.6 Å². The third-order valence-electron chi connectivity index (χ3n) is 2.86. The lowest BCUT2D eigenvalue weighted by atomic mass is 10.0. The van der Waals surface area contributed by atoms with Gasteiger partial charge in [-0.15, -0.1) is 0 Å². The summed E-state index contributed by atoms with van der Waals surface area (Å²) in [6.45, 7) is 3.11. The van der Waals surface area contributed by atoms with Crippen LogP contribution in [-0.4, -0.2) is 40.1 Å². The first kappa shape index (κ1) is 14.3. The average molecular weight is 256 g/mol. The Morgan fingerprint density at radius 3 is 2.78 bits per heavy atom. The summed E-state index contributed by atoms with van der Waals surface area (Å²) < 4.78 is 13.9. The number of nitrogens with one attached hydrogen (secondary N) is 1. The predicted molar refractivity (Wildman–Crippen MR) is 65.3 cm³/mol. The highest BCUT2D eigenvalue weighted by atomic mass is 19.1. The normalized spacial score (nSPS) is 11.2. The van der Waals surface area contributed by atoms with E-state index in [1.807, 2.05) is 0 Å². The van der Waals surface area contributed by atoms with E-state index in [1.54, 1.807) is 13.8 Å². The maximum Gasteiger partial charge on any atom is 0.257 e. The van der Waals surface area contributed by atoms with E-state index in [2.05, 4.69) is 10.4 Å². The number of aliphatic hydroxyl groups is 1. The number of rotatable bonds is 4. The Hall–Kier alpha value is -1.73. The zero-order valence-electron chi connectivity index (χ0n) is 10.6. The SMILES string of the molecule is CN(C(=O)c1ccnc(NN)c1F)C(C)(C)CO. The molecule has 100 valence electrons. The fourth-order valence-electron chi connectivity index (χ4n) is 1.27. The van der Waals surface area contributed by atoms with Crippen LogP contribution in [0.5, 0.6) is 0 Å². The fourth-order valence-corrected chi connectivity index (χ4v) is 1.27. The second kappa shape index (κ2) is 5.28. The standard InChI is InChI=1S/C11H17FN4O2/c1-11(2,6-17)16(3)10(18)7-4-5-14-9(15-13)8(7)12/h4-5,17H,6,13H2,1-3H3,(H,14,15). The van der Waals surface area contributed by atoms with Gasteiger partial charge in [0.15, 0.2) is 11.6 Å². The Balaban J connectivity index is 3.12. The van der Waals surface area contributed by atoms with Crippen LogP contribution in [-0.2, 0) is 0 Å². The molecule has 0 aliphatic rings. The molecule has 0 unspecified atom stereocenters. The molecule has 1 rings (SSSR count). The third kappa shape index (κ3) is 2.57. The second-order valence-corrected chi connectivity index (χ2v) is 4.50. The number of carbonyl (C=O) groups excluding carboxylic acids is 1. The van der Waals surface area contributed by atoms with E-state index >= 15 is 0 Å². The number of anilines is 1.